The van der Waals surface area contributed by atoms with Gasteiger partial charge in [0.1, 0.15) is 0 Å². The van der Waals surface area contributed by atoms with Crippen molar-refractivity contribution >= 4 is 15.6 Å². The predicted octanol–water partition coefficient (Wildman–Crippen LogP) is -1.30. The molecule has 0 aromatic rings. The van der Waals surface area contributed by atoms with Crippen LogP contribution >= 0.6 is 15.6 Å². The Balaban J connectivity index is 0. The van der Waals surface area contributed by atoms with Gasteiger partial charge in [-0.3, -0.25) is 0 Å². The molecule has 15 heavy (non-hydrogen) atoms. The van der Waals surface area contributed by atoms with Gasteiger partial charge in [0.15, 0.2) is 0 Å². The summed E-state index contributed by atoms with van der Waals surface area (Å²) < 4.78 is 22.2. The average Bonchev–Trinajstić information content (AvgIpc) is 1.77. The van der Waals surface area contributed by atoms with Crippen LogP contribution in [0.2, 0.25) is 0 Å². The van der Waals surface area contributed by atoms with E-state index in [0.29, 0.717) is 0 Å². The first kappa shape index (κ1) is 17.6. The first-order valence-corrected chi connectivity index (χ1v) is 6.71. The molecule has 0 saturated carbocycles. The monoisotopic (exact) mass is 266 g/mol. The van der Waals surface area contributed by atoms with E-state index in [9.17, 15) is 9.13 Å². The highest BCUT2D eigenvalue weighted by Gasteiger charge is 2.27. The molecule has 0 bridgehead atoms. The fourth-order valence-corrected chi connectivity index (χ4v) is 1.51. The van der Waals surface area contributed by atoms with Gasteiger partial charge in [-0.1, -0.05) is 0 Å². The Labute approximate surface area is 87.3 Å². The second kappa shape index (κ2) is 7.45. The van der Waals surface area contributed by atoms with Crippen molar-refractivity contribution in [2.45, 2.75) is 0 Å². The van der Waals surface area contributed by atoms with Gasteiger partial charge in [-0.2, -0.15) is 4.31 Å². The third-order valence-electron chi connectivity index (χ3n) is 0.789. The van der Waals surface area contributed by atoms with E-state index in [0.717, 1.165) is 13.1 Å². The molecule has 0 radical (unpaired) electrons. The molecule has 0 heterocycles. The molecule has 9 nitrogen and oxygen atoms in total. The topological polar surface area (TPSA) is 154 Å². The van der Waals surface area contributed by atoms with Crippen LogP contribution in [-0.4, -0.2) is 51.7 Å². The largest absolute Gasteiger partial charge is 0.478 e. The second-order valence-electron chi connectivity index (χ2n) is 2.65. The molecule has 0 fully saturated rings. The zero-order chi connectivity index (χ0) is 12.7. The molecule has 0 spiro atoms. The number of phosphoric acid groups is 2. The van der Waals surface area contributed by atoms with Crippen molar-refractivity contribution in [2.75, 3.05) is 27.2 Å². The van der Waals surface area contributed by atoms with Gasteiger partial charge in [-0.05, 0) is 14.1 Å². The van der Waals surface area contributed by atoms with E-state index in [4.69, 9.17) is 25.3 Å². The van der Waals surface area contributed by atoms with Crippen LogP contribution in [0.5, 0.6) is 0 Å². The Morgan fingerprint density at radius 1 is 1.13 bits per heavy atom. The van der Waals surface area contributed by atoms with Gasteiger partial charge in [-0.25, -0.2) is 9.13 Å². The summed E-state index contributed by atoms with van der Waals surface area (Å²) in [5, 5.41) is 0. The zero-order valence-electron chi connectivity index (χ0n) is 8.35. The molecular formula is C4H16N2O7P2. The zero-order valence-corrected chi connectivity index (χ0v) is 10.1. The Kier molecular flexibility index (Phi) is 8.73. The Morgan fingerprint density at radius 3 is 1.47 bits per heavy atom. The van der Waals surface area contributed by atoms with E-state index in [1.54, 1.807) is 0 Å². The average molecular weight is 266 g/mol. The molecule has 0 aliphatic heterocycles. The van der Waals surface area contributed by atoms with E-state index >= 15 is 0 Å². The maximum absolute atomic E-state index is 9.63. The highest BCUT2D eigenvalue weighted by Crippen LogP contribution is 2.53. The summed E-state index contributed by atoms with van der Waals surface area (Å²) in [6, 6.07) is 0. The molecular weight excluding hydrogens is 250 g/mol. The van der Waals surface area contributed by atoms with Gasteiger partial charge in [0.2, 0.25) is 0 Å². The van der Waals surface area contributed by atoms with Crippen LogP contribution in [0.15, 0.2) is 0 Å². The summed E-state index contributed by atoms with van der Waals surface area (Å²) in [5.41, 5.74) is 5.19. The van der Waals surface area contributed by atoms with E-state index in [2.05, 4.69) is 9.21 Å². The van der Waals surface area contributed by atoms with E-state index in [-0.39, 0.29) is 0 Å². The standard InChI is InChI=1S/C4H12N2.H4O7P2/c1-6(2)4-3-5;1-8(2,3)7-9(4,5)6/h3-5H2,1-2H3;(H2,1,2,3)(H2,4,5,6). The molecule has 0 aliphatic rings. The van der Waals surface area contributed by atoms with Gasteiger partial charge in [0.25, 0.3) is 0 Å². The normalized spacial score (nSPS) is 12.3. The number of hydrogen-bond donors (Lipinski definition) is 5. The van der Waals surface area contributed by atoms with Gasteiger partial charge >= 0.3 is 15.6 Å². The van der Waals surface area contributed by atoms with Crippen LogP contribution in [-0.2, 0) is 13.4 Å². The molecule has 0 aromatic heterocycles. The lowest BCUT2D eigenvalue weighted by Crippen LogP contribution is -2.20. The van der Waals surface area contributed by atoms with Crippen LogP contribution in [0, 0.1) is 0 Å². The highest BCUT2D eigenvalue weighted by atomic mass is 31.3. The molecule has 0 aliphatic carbocycles. The fraction of sp³-hybridized carbons (Fsp3) is 1.00. The minimum atomic E-state index is -5.05. The van der Waals surface area contributed by atoms with E-state index in [1.807, 2.05) is 14.1 Å². The third kappa shape index (κ3) is 25.0. The molecule has 0 saturated heterocycles. The van der Waals surface area contributed by atoms with Crippen molar-refractivity contribution in [3.05, 3.63) is 0 Å². The maximum Gasteiger partial charge on any atom is 0.478 e. The third-order valence-corrected chi connectivity index (χ3v) is 2.49. The molecule has 0 atom stereocenters. The minimum absolute atomic E-state index is 0.757. The Morgan fingerprint density at radius 2 is 1.47 bits per heavy atom. The van der Waals surface area contributed by atoms with Gasteiger partial charge in [-0.15, -0.1) is 0 Å². The molecule has 0 amide bonds. The molecule has 0 unspecified atom stereocenters. The lowest BCUT2D eigenvalue weighted by molar-refractivity contribution is 0.225. The smallest absolute Gasteiger partial charge is 0.329 e. The Bertz CT molecular complexity index is 225. The maximum atomic E-state index is 9.63. The molecule has 0 rings (SSSR count). The summed E-state index contributed by atoms with van der Waals surface area (Å²) >= 11 is 0. The van der Waals surface area contributed by atoms with E-state index < -0.39 is 15.6 Å². The minimum Gasteiger partial charge on any atom is -0.329 e. The lowest BCUT2D eigenvalue weighted by atomic mass is 10.6. The van der Waals surface area contributed by atoms with E-state index in [1.165, 1.54) is 0 Å². The number of likely N-dealkylation sites (N-methyl/N-ethyl adjacent to an activating group) is 1. The fourth-order valence-electron chi connectivity index (χ4n) is 0.397. The van der Waals surface area contributed by atoms with Crippen molar-refractivity contribution in [1.29, 1.82) is 0 Å². The van der Waals surface area contributed by atoms with Gasteiger partial charge in [0, 0.05) is 13.1 Å². The highest BCUT2D eigenvalue weighted by molar-refractivity contribution is 7.60. The summed E-state index contributed by atoms with van der Waals surface area (Å²) in [6.45, 7) is 1.74. The predicted molar refractivity (Wildman–Crippen MR) is 52.8 cm³/mol. The quantitative estimate of drug-likeness (QED) is 0.390. The van der Waals surface area contributed by atoms with Gasteiger partial charge < -0.3 is 30.2 Å². The molecule has 94 valence electrons. The van der Waals surface area contributed by atoms with Crippen LogP contribution in [0.1, 0.15) is 0 Å². The SMILES string of the molecule is CN(C)CCN.O=P(O)(O)OP(=O)(O)O. The summed E-state index contributed by atoms with van der Waals surface area (Å²) in [4.78, 5) is 33.1. The van der Waals surface area contributed by atoms with Crippen molar-refractivity contribution < 1.29 is 33.0 Å². The van der Waals surface area contributed by atoms with Crippen molar-refractivity contribution in [2.24, 2.45) is 5.73 Å². The van der Waals surface area contributed by atoms with Crippen LogP contribution < -0.4 is 5.73 Å². The number of hydrogen-bond acceptors (Lipinski definition) is 5. The van der Waals surface area contributed by atoms with Crippen LogP contribution in [0.25, 0.3) is 0 Å². The summed E-state index contributed by atoms with van der Waals surface area (Å²) in [6.07, 6.45) is 0. The van der Waals surface area contributed by atoms with Gasteiger partial charge in [0.05, 0.1) is 0 Å². The van der Waals surface area contributed by atoms with Crippen molar-refractivity contribution in [3.8, 4) is 0 Å². The summed E-state index contributed by atoms with van der Waals surface area (Å²) in [5.74, 6) is 0. The number of rotatable bonds is 4. The van der Waals surface area contributed by atoms with Crippen LogP contribution in [0.3, 0.4) is 0 Å². The lowest BCUT2D eigenvalue weighted by Gasteiger charge is -2.03. The number of nitrogens with two attached hydrogens (primary N) is 1. The number of nitrogens with zero attached hydrogens (tertiary/aromatic N) is 1. The summed E-state index contributed by atoms with van der Waals surface area (Å²) in [7, 11) is -6.09. The molecule has 0 aromatic carbocycles. The Hall–Kier alpha value is 0.180. The van der Waals surface area contributed by atoms with Crippen LogP contribution in [0.4, 0.5) is 0 Å². The second-order valence-corrected chi connectivity index (χ2v) is 5.27. The molecule has 11 heteroatoms. The van der Waals surface area contributed by atoms with Crippen molar-refractivity contribution in [3.63, 3.8) is 0 Å². The van der Waals surface area contributed by atoms with Crippen molar-refractivity contribution in [1.82, 2.24) is 4.90 Å². The molecule has 6 N–H and O–H groups in total. The first-order valence-electron chi connectivity index (χ1n) is 3.65. The first-order chi connectivity index (χ1) is 6.48.